The van der Waals surface area contributed by atoms with Crippen molar-refractivity contribution in [2.45, 2.75) is 83.1 Å². The maximum Gasteiger partial charge on any atom is 0.220 e. The zero-order chi connectivity index (χ0) is 14.4. The van der Waals surface area contributed by atoms with Crippen LogP contribution >= 0.6 is 0 Å². The molecule has 2 aliphatic rings. The molecular weight excluding hydrogens is 250 g/mol. The fourth-order valence-electron chi connectivity index (χ4n) is 3.81. The van der Waals surface area contributed by atoms with E-state index in [1.165, 1.54) is 38.5 Å². The minimum absolute atomic E-state index is 0.0934. The molecule has 2 fully saturated rings. The summed E-state index contributed by atoms with van der Waals surface area (Å²) in [5.74, 6) is 1.46. The molecule has 0 aliphatic heterocycles. The van der Waals surface area contributed by atoms with E-state index in [-0.39, 0.29) is 18.1 Å². The molecule has 0 radical (unpaired) electrons. The quantitative estimate of drug-likeness (QED) is 0.776. The third-order valence-corrected chi connectivity index (χ3v) is 5.39. The highest BCUT2D eigenvalue weighted by Gasteiger charge is 2.35. The average molecular weight is 281 g/mol. The van der Waals surface area contributed by atoms with Crippen molar-refractivity contribution < 1.29 is 9.90 Å². The molecule has 0 saturated heterocycles. The molecule has 0 spiro atoms. The fraction of sp³-hybridized carbons (Fsp3) is 0.941. The largest absolute Gasteiger partial charge is 0.394 e. The molecule has 3 nitrogen and oxygen atoms in total. The molecule has 0 unspecified atom stereocenters. The second-order valence-electron chi connectivity index (χ2n) is 7.23. The monoisotopic (exact) mass is 281 g/mol. The van der Waals surface area contributed by atoms with Gasteiger partial charge in [0.2, 0.25) is 5.91 Å². The Morgan fingerprint density at radius 1 is 1.10 bits per heavy atom. The topological polar surface area (TPSA) is 49.3 Å². The molecule has 116 valence electrons. The summed E-state index contributed by atoms with van der Waals surface area (Å²) in [4.78, 5) is 12.3. The molecule has 1 amide bonds. The van der Waals surface area contributed by atoms with E-state index in [4.69, 9.17) is 0 Å². The summed E-state index contributed by atoms with van der Waals surface area (Å²) < 4.78 is 0. The lowest BCUT2D eigenvalue weighted by molar-refractivity contribution is -0.125. The number of aliphatic hydroxyl groups is 1. The number of carbonyl (C=O) groups is 1. The first-order valence-corrected chi connectivity index (χ1v) is 8.55. The number of amides is 1. The second-order valence-corrected chi connectivity index (χ2v) is 7.23. The predicted molar refractivity (Wildman–Crippen MR) is 81.4 cm³/mol. The first-order chi connectivity index (χ1) is 9.63. The highest BCUT2D eigenvalue weighted by atomic mass is 16.3. The lowest BCUT2D eigenvalue weighted by Gasteiger charge is -2.39. The van der Waals surface area contributed by atoms with Crippen molar-refractivity contribution in [1.29, 1.82) is 0 Å². The summed E-state index contributed by atoms with van der Waals surface area (Å²) in [5, 5.41) is 12.9. The van der Waals surface area contributed by atoms with Crippen molar-refractivity contribution in [2.24, 2.45) is 11.8 Å². The Morgan fingerprint density at radius 3 is 2.25 bits per heavy atom. The van der Waals surface area contributed by atoms with Crippen molar-refractivity contribution >= 4 is 5.91 Å². The average Bonchev–Trinajstić information content (AvgIpc) is 2.70. The van der Waals surface area contributed by atoms with Crippen LogP contribution in [0.4, 0.5) is 0 Å². The van der Waals surface area contributed by atoms with Gasteiger partial charge in [0.15, 0.2) is 0 Å². The molecule has 0 aromatic rings. The van der Waals surface area contributed by atoms with E-state index in [0.29, 0.717) is 12.3 Å². The third kappa shape index (κ3) is 4.47. The van der Waals surface area contributed by atoms with Gasteiger partial charge in [-0.15, -0.1) is 0 Å². The summed E-state index contributed by atoms with van der Waals surface area (Å²) in [6.07, 6.45) is 12.4. The Morgan fingerprint density at radius 2 is 1.70 bits per heavy atom. The van der Waals surface area contributed by atoms with Crippen LogP contribution in [0.2, 0.25) is 0 Å². The maximum absolute atomic E-state index is 12.3. The lowest BCUT2D eigenvalue weighted by Crippen LogP contribution is -2.53. The molecule has 0 aromatic carbocycles. The number of carbonyl (C=O) groups excluding carboxylic acids is 1. The zero-order valence-electron chi connectivity index (χ0n) is 13.0. The normalized spacial score (nSPS) is 32.6. The van der Waals surface area contributed by atoms with Gasteiger partial charge in [-0.3, -0.25) is 4.79 Å². The molecule has 2 rings (SSSR count). The molecule has 0 aromatic heterocycles. The summed E-state index contributed by atoms with van der Waals surface area (Å²) in [6, 6.07) is 0. The van der Waals surface area contributed by atoms with E-state index in [2.05, 4.69) is 12.2 Å². The van der Waals surface area contributed by atoms with Gasteiger partial charge in [-0.1, -0.05) is 32.6 Å². The van der Waals surface area contributed by atoms with Gasteiger partial charge < -0.3 is 10.4 Å². The van der Waals surface area contributed by atoms with E-state index in [1.54, 1.807) is 0 Å². The Hall–Kier alpha value is -0.570. The van der Waals surface area contributed by atoms with Crippen molar-refractivity contribution in [2.75, 3.05) is 6.61 Å². The highest BCUT2D eigenvalue weighted by molar-refractivity contribution is 5.77. The van der Waals surface area contributed by atoms with E-state index in [9.17, 15) is 9.90 Å². The fourth-order valence-corrected chi connectivity index (χ4v) is 3.81. The van der Waals surface area contributed by atoms with Crippen LogP contribution in [0.5, 0.6) is 0 Å². The Bertz CT molecular complexity index is 300. The van der Waals surface area contributed by atoms with Crippen molar-refractivity contribution in [3.05, 3.63) is 0 Å². The van der Waals surface area contributed by atoms with Crippen LogP contribution in [0.3, 0.4) is 0 Å². The first kappa shape index (κ1) is 15.8. The number of aliphatic hydroxyl groups excluding tert-OH is 1. The standard InChI is InChI=1S/C17H31NO2/c1-14-8-10-17(13-19,11-9-14)18-16(20)12-15-6-4-2-3-5-7-15/h14-15,19H,2-13H2,1H3,(H,18,20). The molecule has 3 heteroatoms. The highest BCUT2D eigenvalue weighted by Crippen LogP contribution is 2.32. The third-order valence-electron chi connectivity index (χ3n) is 5.39. The molecule has 20 heavy (non-hydrogen) atoms. The van der Waals surface area contributed by atoms with Crippen LogP contribution in [-0.4, -0.2) is 23.2 Å². The first-order valence-electron chi connectivity index (χ1n) is 8.55. The molecule has 0 bridgehead atoms. The minimum Gasteiger partial charge on any atom is -0.394 e. The van der Waals surface area contributed by atoms with Crippen molar-refractivity contribution in [3.8, 4) is 0 Å². The van der Waals surface area contributed by atoms with Crippen LogP contribution < -0.4 is 5.32 Å². The van der Waals surface area contributed by atoms with Gasteiger partial charge in [0.1, 0.15) is 0 Å². The molecule has 0 atom stereocenters. The Kier molecular flexibility index (Phi) is 5.88. The van der Waals surface area contributed by atoms with Gasteiger partial charge in [0.25, 0.3) is 0 Å². The van der Waals surface area contributed by atoms with Gasteiger partial charge in [-0.25, -0.2) is 0 Å². The Labute approximate surface area is 123 Å². The van der Waals surface area contributed by atoms with Gasteiger partial charge in [0, 0.05) is 6.42 Å². The van der Waals surface area contributed by atoms with Crippen LogP contribution in [-0.2, 0) is 4.79 Å². The summed E-state index contributed by atoms with van der Waals surface area (Å²) in [6.45, 7) is 2.35. The molecule has 2 saturated carbocycles. The number of hydrogen-bond donors (Lipinski definition) is 2. The molecule has 0 heterocycles. The Balaban J connectivity index is 1.82. The summed E-state index contributed by atoms with van der Waals surface area (Å²) in [7, 11) is 0. The van der Waals surface area contributed by atoms with Gasteiger partial charge in [-0.05, 0) is 50.4 Å². The zero-order valence-corrected chi connectivity index (χ0v) is 13.0. The minimum atomic E-state index is -0.325. The van der Waals surface area contributed by atoms with Crippen LogP contribution in [0.15, 0.2) is 0 Å². The molecule has 2 N–H and O–H groups in total. The summed E-state index contributed by atoms with van der Waals surface area (Å²) in [5.41, 5.74) is -0.325. The van der Waals surface area contributed by atoms with Crippen molar-refractivity contribution in [1.82, 2.24) is 5.32 Å². The smallest absolute Gasteiger partial charge is 0.220 e. The van der Waals surface area contributed by atoms with E-state index in [0.717, 1.165) is 31.6 Å². The predicted octanol–water partition coefficient (Wildman–Crippen LogP) is 3.40. The summed E-state index contributed by atoms with van der Waals surface area (Å²) >= 11 is 0. The number of rotatable bonds is 4. The van der Waals surface area contributed by atoms with E-state index in [1.807, 2.05) is 0 Å². The second kappa shape index (κ2) is 7.44. The van der Waals surface area contributed by atoms with Gasteiger partial charge >= 0.3 is 0 Å². The molecular formula is C17H31NO2. The number of hydrogen-bond acceptors (Lipinski definition) is 2. The van der Waals surface area contributed by atoms with Gasteiger partial charge in [0.05, 0.1) is 12.1 Å². The van der Waals surface area contributed by atoms with Crippen LogP contribution in [0.25, 0.3) is 0 Å². The molecule has 2 aliphatic carbocycles. The maximum atomic E-state index is 12.3. The van der Waals surface area contributed by atoms with Crippen molar-refractivity contribution in [3.63, 3.8) is 0 Å². The van der Waals surface area contributed by atoms with Gasteiger partial charge in [-0.2, -0.15) is 0 Å². The SMILES string of the molecule is CC1CCC(CO)(NC(=O)CC2CCCCCC2)CC1. The van der Waals surface area contributed by atoms with Crippen LogP contribution in [0, 0.1) is 11.8 Å². The lowest BCUT2D eigenvalue weighted by atomic mass is 9.77. The van der Waals surface area contributed by atoms with Crippen LogP contribution in [0.1, 0.15) is 77.6 Å². The number of nitrogens with one attached hydrogen (secondary N) is 1. The van der Waals surface area contributed by atoms with E-state index >= 15 is 0 Å². The van der Waals surface area contributed by atoms with E-state index < -0.39 is 0 Å².